The van der Waals surface area contributed by atoms with E-state index in [9.17, 15) is 0 Å². The first-order valence-electron chi connectivity index (χ1n) is 7.46. The lowest BCUT2D eigenvalue weighted by molar-refractivity contribution is 0.108. The molecular formula is C15H29NO. The predicted octanol–water partition coefficient (Wildman–Crippen LogP) is 3.36. The summed E-state index contributed by atoms with van der Waals surface area (Å²) in [6, 6.07) is 0.597. The van der Waals surface area contributed by atoms with Crippen LogP contribution < -0.4 is 5.32 Å². The van der Waals surface area contributed by atoms with Crippen LogP contribution >= 0.6 is 0 Å². The van der Waals surface area contributed by atoms with Gasteiger partial charge in [0, 0.05) is 19.2 Å². The van der Waals surface area contributed by atoms with Gasteiger partial charge in [-0.15, -0.1) is 0 Å². The van der Waals surface area contributed by atoms with Crippen molar-refractivity contribution in [1.82, 2.24) is 5.32 Å². The van der Waals surface area contributed by atoms with Gasteiger partial charge in [0.15, 0.2) is 0 Å². The molecule has 0 spiro atoms. The maximum Gasteiger partial charge on any atom is 0.0700 e. The Kier molecular flexibility index (Phi) is 4.48. The molecule has 0 radical (unpaired) electrons. The Hall–Kier alpha value is -0.0800. The van der Waals surface area contributed by atoms with Crippen LogP contribution in [0.2, 0.25) is 0 Å². The van der Waals surface area contributed by atoms with Gasteiger partial charge in [-0.25, -0.2) is 0 Å². The van der Waals surface area contributed by atoms with Crippen molar-refractivity contribution in [3.63, 3.8) is 0 Å². The fourth-order valence-electron chi connectivity index (χ4n) is 3.79. The van der Waals surface area contributed by atoms with E-state index in [4.69, 9.17) is 4.74 Å². The van der Waals surface area contributed by atoms with Crippen molar-refractivity contribution in [2.75, 3.05) is 13.2 Å². The molecular weight excluding hydrogens is 210 g/mol. The molecule has 1 aliphatic carbocycles. The second-order valence-electron chi connectivity index (χ2n) is 6.66. The van der Waals surface area contributed by atoms with E-state index in [1.165, 1.54) is 45.1 Å². The summed E-state index contributed by atoms with van der Waals surface area (Å²) >= 11 is 0. The number of nitrogens with one attached hydrogen (secondary N) is 1. The molecule has 2 unspecified atom stereocenters. The smallest absolute Gasteiger partial charge is 0.0700 e. The molecule has 1 aliphatic heterocycles. The minimum absolute atomic E-state index is 0.410. The van der Waals surface area contributed by atoms with Gasteiger partial charge in [0.25, 0.3) is 0 Å². The van der Waals surface area contributed by atoms with Crippen molar-refractivity contribution in [1.29, 1.82) is 0 Å². The van der Waals surface area contributed by atoms with Gasteiger partial charge < -0.3 is 10.1 Å². The van der Waals surface area contributed by atoms with Crippen LogP contribution in [0.4, 0.5) is 0 Å². The molecule has 17 heavy (non-hydrogen) atoms. The van der Waals surface area contributed by atoms with E-state index in [1.54, 1.807) is 0 Å². The Balaban J connectivity index is 1.85. The molecule has 2 aliphatic rings. The highest BCUT2D eigenvalue weighted by molar-refractivity contribution is 4.90. The highest BCUT2D eigenvalue weighted by Crippen LogP contribution is 2.42. The average Bonchev–Trinajstić information content (AvgIpc) is 2.85. The Morgan fingerprint density at radius 2 is 2.00 bits per heavy atom. The molecule has 1 saturated heterocycles. The van der Waals surface area contributed by atoms with Gasteiger partial charge in [-0.1, -0.05) is 26.7 Å². The van der Waals surface area contributed by atoms with Gasteiger partial charge in [-0.3, -0.25) is 0 Å². The van der Waals surface area contributed by atoms with Crippen molar-refractivity contribution in [3.8, 4) is 0 Å². The van der Waals surface area contributed by atoms with Crippen LogP contribution in [0.3, 0.4) is 0 Å². The average molecular weight is 239 g/mol. The molecule has 2 atom stereocenters. The Morgan fingerprint density at radius 3 is 2.53 bits per heavy atom. The lowest BCUT2D eigenvalue weighted by Gasteiger charge is -2.33. The number of hydrogen-bond acceptors (Lipinski definition) is 2. The summed E-state index contributed by atoms with van der Waals surface area (Å²) in [4.78, 5) is 0. The first-order chi connectivity index (χ1) is 8.11. The topological polar surface area (TPSA) is 21.3 Å². The molecule has 1 heterocycles. The Morgan fingerprint density at radius 1 is 1.29 bits per heavy atom. The molecule has 2 heteroatoms. The fraction of sp³-hybridized carbons (Fsp3) is 1.00. The standard InChI is InChI=1S/C15H29NO/c1-12(2)10-15(7-4-5-8-15)11-16-14-6-9-17-13(14)3/h12-14,16H,4-11H2,1-3H3. The zero-order chi connectivity index (χ0) is 12.3. The van der Waals surface area contributed by atoms with Crippen LogP contribution in [0.25, 0.3) is 0 Å². The quantitative estimate of drug-likeness (QED) is 0.794. The van der Waals surface area contributed by atoms with Gasteiger partial charge in [-0.05, 0) is 43.9 Å². The van der Waals surface area contributed by atoms with Crippen LogP contribution in [0.15, 0.2) is 0 Å². The van der Waals surface area contributed by atoms with E-state index in [0.29, 0.717) is 17.6 Å². The summed E-state index contributed by atoms with van der Waals surface area (Å²) in [7, 11) is 0. The van der Waals surface area contributed by atoms with Crippen molar-refractivity contribution < 1.29 is 4.74 Å². The number of ether oxygens (including phenoxy) is 1. The lowest BCUT2D eigenvalue weighted by atomic mass is 9.78. The molecule has 1 N–H and O–H groups in total. The molecule has 0 bridgehead atoms. The molecule has 0 aromatic heterocycles. The fourth-order valence-corrected chi connectivity index (χ4v) is 3.79. The third-order valence-corrected chi connectivity index (χ3v) is 4.62. The number of rotatable bonds is 5. The molecule has 0 aromatic rings. The summed E-state index contributed by atoms with van der Waals surface area (Å²) in [6.45, 7) is 9.08. The minimum Gasteiger partial charge on any atom is -0.377 e. The molecule has 2 fully saturated rings. The largest absolute Gasteiger partial charge is 0.377 e. The Labute approximate surface area is 107 Å². The van der Waals surface area contributed by atoms with Crippen LogP contribution in [0, 0.1) is 11.3 Å². The first kappa shape index (κ1) is 13.4. The second kappa shape index (κ2) is 5.71. The zero-order valence-electron chi connectivity index (χ0n) is 11.8. The van der Waals surface area contributed by atoms with Crippen LogP contribution in [-0.2, 0) is 4.74 Å². The SMILES string of the molecule is CC(C)CC1(CNC2CCOC2C)CCCC1. The van der Waals surface area contributed by atoms with E-state index in [0.717, 1.165) is 12.5 Å². The maximum absolute atomic E-state index is 5.63. The molecule has 0 amide bonds. The summed E-state index contributed by atoms with van der Waals surface area (Å²) in [5.41, 5.74) is 0.594. The third kappa shape index (κ3) is 3.45. The van der Waals surface area contributed by atoms with E-state index >= 15 is 0 Å². The summed E-state index contributed by atoms with van der Waals surface area (Å²) < 4.78 is 5.63. The summed E-state index contributed by atoms with van der Waals surface area (Å²) in [5, 5.41) is 3.79. The first-order valence-corrected chi connectivity index (χ1v) is 7.46. The monoisotopic (exact) mass is 239 g/mol. The molecule has 2 nitrogen and oxygen atoms in total. The maximum atomic E-state index is 5.63. The van der Waals surface area contributed by atoms with Crippen molar-refractivity contribution in [2.45, 2.75) is 71.4 Å². The van der Waals surface area contributed by atoms with Crippen LogP contribution in [0.1, 0.15) is 59.3 Å². The zero-order valence-corrected chi connectivity index (χ0v) is 11.8. The summed E-state index contributed by atoms with van der Waals surface area (Å²) in [5.74, 6) is 0.826. The lowest BCUT2D eigenvalue weighted by Crippen LogP contribution is -2.42. The number of hydrogen-bond donors (Lipinski definition) is 1. The normalized spacial score (nSPS) is 32.5. The van der Waals surface area contributed by atoms with E-state index in [-0.39, 0.29) is 0 Å². The van der Waals surface area contributed by atoms with Crippen LogP contribution in [0.5, 0.6) is 0 Å². The van der Waals surface area contributed by atoms with E-state index < -0.39 is 0 Å². The van der Waals surface area contributed by atoms with Gasteiger partial charge in [0.05, 0.1) is 6.10 Å². The van der Waals surface area contributed by atoms with Gasteiger partial charge in [-0.2, -0.15) is 0 Å². The molecule has 2 rings (SSSR count). The minimum atomic E-state index is 0.410. The highest BCUT2D eigenvalue weighted by atomic mass is 16.5. The van der Waals surface area contributed by atoms with Crippen molar-refractivity contribution in [3.05, 3.63) is 0 Å². The molecule has 0 aromatic carbocycles. The van der Waals surface area contributed by atoms with Gasteiger partial charge in [0.1, 0.15) is 0 Å². The van der Waals surface area contributed by atoms with Gasteiger partial charge >= 0.3 is 0 Å². The predicted molar refractivity (Wildman–Crippen MR) is 72.2 cm³/mol. The van der Waals surface area contributed by atoms with Crippen molar-refractivity contribution in [2.24, 2.45) is 11.3 Å². The van der Waals surface area contributed by atoms with E-state index in [1.807, 2.05) is 0 Å². The van der Waals surface area contributed by atoms with Crippen molar-refractivity contribution >= 4 is 0 Å². The molecule has 1 saturated carbocycles. The van der Waals surface area contributed by atoms with Gasteiger partial charge in [0.2, 0.25) is 0 Å². The third-order valence-electron chi connectivity index (χ3n) is 4.62. The van der Waals surface area contributed by atoms with E-state index in [2.05, 4.69) is 26.1 Å². The Bertz CT molecular complexity index is 233. The molecule has 100 valence electrons. The van der Waals surface area contributed by atoms with Crippen LogP contribution in [-0.4, -0.2) is 25.3 Å². The highest BCUT2D eigenvalue weighted by Gasteiger charge is 2.35. The summed E-state index contributed by atoms with van der Waals surface area (Å²) in [6.07, 6.45) is 8.73. The second-order valence-corrected chi connectivity index (χ2v) is 6.66.